The Hall–Kier alpha value is -0.690. The van der Waals surface area contributed by atoms with E-state index in [-0.39, 0.29) is 0 Å². The molecule has 2 rings (SSSR count). The Bertz CT molecular complexity index is 360. The van der Waals surface area contributed by atoms with Crippen molar-refractivity contribution in [3.63, 3.8) is 0 Å². The SMILES string of the molecule is CCCC1CNc2cc(C)c(Cl)cc2C1. The molecule has 0 radical (unpaired) electrons. The lowest BCUT2D eigenvalue weighted by Crippen LogP contribution is -2.23. The minimum Gasteiger partial charge on any atom is -0.385 e. The fourth-order valence-corrected chi connectivity index (χ4v) is 2.49. The number of halogens is 1. The number of hydrogen-bond acceptors (Lipinski definition) is 1. The molecule has 15 heavy (non-hydrogen) atoms. The number of fused-ring (bicyclic) bond motifs is 1. The van der Waals surface area contributed by atoms with Crippen molar-refractivity contribution in [3.8, 4) is 0 Å². The molecule has 1 heterocycles. The Kier molecular flexibility index (Phi) is 3.20. The topological polar surface area (TPSA) is 12.0 Å². The van der Waals surface area contributed by atoms with Gasteiger partial charge in [0.2, 0.25) is 0 Å². The van der Waals surface area contributed by atoms with E-state index < -0.39 is 0 Å². The summed E-state index contributed by atoms with van der Waals surface area (Å²) >= 11 is 6.14. The Balaban J connectivity index is 2.22. The molecule has 1 aromatic carbocycles. The second kappa shape index (κ2) is 4.44. The van der Waals surface area contributed by atoms with Crippen molar-refractivity contribution in [2.24, 2.45) is 5.92 Å². The van der Waals surface area contributed by atoms with Crippen LogP contribution in [-0.2, 0) is 6.42 Å². The normalized spacial score (nSPS) is 19.5. The zero-order chi connectivity index (χ0) is 10.8. The molecule has 2 heteroatoms. The molecule has 1 N–H and O–H groups in total. The molecule has 1 atom stereocenters. The molecule has 0 aromatic heterocycles. The summed E-state index contributed by atoms with van der Waals surface area (Å²) in [7, 11) is 0. The van der Waals surface area contributed by atoms with Crippen LogP contribution in [-0.4, -0.2) is 6.54 Å². The van der Waals surface area contributed by atoms with Gasteiger partial charge >= 0.3 is 0 Å². The molecule has 0 aliphatic carbocycles. The van der Waals surface area contributed by atoms with Crippen molar-refractivity contribution in [1.29, 1.82) is 0 Å². The van der Waals surface area contributed by atoms with E-state index >= 15 is 0 Å². The molecule has 0 amide bonds. The van der Waals surface area contributed by atoms with Crippen molar-refractivity contribution in [1.82, 2.24) is 0 Å². The van der Waals surface area contributed by atoms with Crippen LogP contribution in [0.25, 0.3) is 0 Å². The largest absolute Gasteiger partial charge is 0.385 e. The van der Waals surface area contributed by atoms with Gasteiger partial charge in [-0.25, -0.2) is 0 Å². The monoisotopic (exact) mass is 223 g/mol. The smallest absolute Gasteiger partial charge is 0.0439 e. The van der Waals surface area contributed by atoms with E-state index in [0.29, 0.717) is 0 Å². The molecular weight excluding hydrogens is 206 g/mol. The van der Waals surface area contributed by atoms with Gasteiger partial charge < -0.3 is 5.32 Å². The van der Waals surface area contributed by atoms with Gasteiger partial charge in [0.25, 0.3) is 0 Å². The Labute approximate surface area is 96.8 Å². The maximum Gasteiger partial charge on any atom is 0.0439 e. The number of nitrogens with one attached hydrogen (secondary N) is 1. The predicted octanol–water partition coefficient (Wildman–Crippen LogP) is 4.03. The van der Waals surface area contributed by atoms with Gasteiger partial charge in [0, 0.05) is 17.3 Å². The molecule has 0 bridgehead atoms. The minimum absolute atomic E-state index is 0.779. The fourth-order valence-electron chi connectivity index (χ4n) is 2.31. The summed E-state index contributed by atoms with van der Waals surface area (Å²) in [5.74, 6) is 0.779. The minimum atomic E-state index is 0.779. The van der Waals surface area contributed by atoms with Crippen LogP contribution in [0.5, 0.6) is 0 Å². The standard InChI is InChI=1S/C13H18ClN/c1-3-4-10-6-11-7-12(14)9(2)5-13(11)15-8-10/h5,7,10,15H,3-4,6,8H2,1-2H3. The first-order chi connectivity index (χ1) is 7.20. The summed E-state index contributed by atoms with van der Waals surface area (Å²) in [4.78, 5) is 0. The van der Waals surface area contributed by atoms with Crippen LogP contribution < -0.4 is 5.32 Å². The van der Waals surface area contributed by atoms with Gasteiger partial charge in [-0.2, -0.15) is 0 Å². The number of anilines is 1. The Morgan fingerprint density at radius 1 is 1.47 bits per heavy atom. The third-order valence-corrected chi connectivity index (χ3v) is 3.58. The summed E-state index contributed by atoms with van der Waals surface area (Å²) in [5.41, 5.74) is 3.83. The zero-order valence-corrected chi connectivity index (χ0v) is 10.2. The van der Waals surface area contributed by atoms with Crippen LogP contribution in [0.1, 0.15) is 30.9 Å². The summed E-state index contributed by atoms with van der Waals surface area (Å²) in [6, 6.07) is 4.29. The van der Waals surface area contributed by atoms with Gasteiger partial charge in [0.1, 0.15) is 0 Å². The third kappa shape index (κ3) is 2.28. The first kappa shape index (κ1) is 10.8. The van der Waals surface area contributed by atoms with E-state index in [1.165, 1.54) is 30.5 Å². The average molecular weight is 224 g/mol. The second-order valence-electron chi connectivity index (χ2n) is 4.50. The number of hydrogen-bond donors (Lipinski definition) is 1. The van der Waals surface area contributed by atoms with E-state index in [1.54, 1.807) is 0 Å². The first-order valence-corrected chi connectivity index (χ1v) is 6.11. The fraction of sp³-hybridized carbons (Fsp3) is 0.538. The van der Waals surface area contributed by atoms with E-state index in [4.69, 9.17) is 11.6 Å². The summed E-state index contributed by atoms with van der Waals surface area (Å²) < 4.78 is 0. The summed E-state index contributed by atoms with van der Waals surface area (Å²) in [6.07, 6.45) is 3.75. The number of aryl methyl sites for hydroxylation is 1. The average Bonchev–Trinajstić information content (AvgIpc) is 2.21. The van der Waals surface area contributed by atoms with Gasteiger partial charge in [-0.1, -0.05) is 24.9 Å². The van der Waals surface area contributed by atoms with Gasteiger partial charge in [0.05, 0.1) is 0 Å². The lowest BCUT2D eigenvalue weighted by atomic mass is 9.90. The molecule has 1 aliphatic rings. The van der Waals surface area contributed by atoms with Crippen LogP contribution in [0.15, 0.2) is 12.1 Å². The Morgan fingerprint density at radius 3 is 3.00 bits per heavy atom. The van der Waals surface area contributed by atoms with Crippen LogP contribution in [0.4, 0.5) is 5.69 Å². The molecule has 0 spiro atoms. The molecule has 82 valence electrons. The van der Waals surface area contributed by atoms with Crippen molar-refractivity contribution in [2.75, 3.05) is 11.9 Å². The lowest BCUT2D eigenvalue weighted by molar-refractivity contribution is 0.489. The summed E-state index contributed by atoms with van der Waals surface area (Å²) in [5, 5.41) is 4.40. The maximum atomic E-state index is 6.14. The van der Waals surface area contributed by atoms with Crippen LogP contribution >= 0.6 is 11.6 Å². The molecule has 0 saturated heterocycles. The highest BCUT2D eigenvalue weighted by Crippen LogP contribution is 2.31. The van der Waals surface area contributed by atoms with E-state index in [2.05, 4.69) is 31.3 Å². The van der Waals surface area contributed by atoms with Gasteiger partial charge in [-0.05, 0) is 48.9 Å². The van der Waals surface area contributed by atoms with Gasteiger partial charge in [0.15, 0.2) is 0 Å². The van der Waals surface area contributed by atoms with Crippen molar-refractivity contribution >= 4 is 17.3 Å². The molecule has 0 fully saturated rings. The lowest BCUT2D eigenvalue weighted by Gasteiger charge is -2.26. The molecule has 1 aromatic rings. The van der Waals surface area contributed by atoms with Gasteiger partial charge in [-0.15, -0.1) is 0 Å². The van der Waals surface area contributed by atoms with Crippen molar-refractivity contribution < 1.29 is 0 Å². The Morgan fingerprint density at radius 2 is 2.27 bits per heavy atom. The molecule has 0 saturated carbocycles. The maximum absolute atomic E-state index is 6.14. The highest BCUT2D eigenvalue weighted by molar-refractivity contribution is 6.31. The zero-order valence-electron chi connectivity index (χ0n) is 9.44. The van der Waals surface area contributed by atoms with E-state index in [1.807, 2.05) is 0 Å². The van der Waals surface area contributed by atoms with Crippen molar-refractivity contribution in [2.45, 2.75) is 33.1 Å². The van der Waals surface area contributed by atoms with Crippen molar-refractivity contribution in [3.05, 3.63) is 28.3 Å². The quantitative estimate of drug-likeness (QED) is 0.798. The molecule has 1 nitrogen and oxygen atoms in total. The van der Waals surface area contributed by atoms with Gasteiger partial charge in [-0.3, -0.25) is 0 Å². The summed E-state index contributed by atoms with van der Waals surface area (Å²) in [6.45, 7) is 5.42. The van der Waals surface area contributed by atoms with Crippen LogP contribution in [0.3, 0.4) is 0 Å². The second-order valence-corrected chi connectivity index (χ2v) is 4.91. The van der Waals surface area contributed by atoms with Crippen LogP contribution in [0.2, 0.25) is 5.02 Å². The number of rotatable bonds is 2. The predicted molar refractivity (Wildman–Crippen MR) is 66.8 cm³/mol. The van der Waals surface area contributed by atoms with Crippen LogP contribution in [0, 0.1) is 12.8 Å². The van der Waals surface area contributed by atoms with E-state index in [0.717, 1.165) is 23.0 Å². The third-order valence-electron chi connectivity index (χ3n) is 3.17. The highest BCUT2D eigenvalue weighted by Gasteiger charge is 2.18. The first-order valence-electron chi connectivity index (χ1n) is 5.73. The molecule has 1 aliphatic heterocycles. The van der Waals surface area contributed by atoms with E-state index in [9.17, 15) is 0 Å². The highest BCUT2D eigenvalue weighted by atomic mass is 35.5. The molecular formula is C13H18ClN. The molecule has 1 unspecified atom stereocenters. The number of benzene rings is 1.